The van der Waals surface area contributed by atoms with Gasteiger partial charge >= 0.3 is 4.34 Å². The van der Waals surface area contributed by atoms with Gasteiger partial charge in [-0.3, -0.25) is 0 Å². The van der Waals surface area contributed by atoms with Crippen LogP contribution in [0.25, 0.3) is 10.3 Å². The van der Waals surface area contributed by atoms with Crippen molar-refractivity contribution in [2.24, 2.45) is 0 Å². The lowest BCUT2D eigenvalue weighted by Gasteiger charge is -2.36. The monoisotopic (exact) mass is 312 g/mol. The zero-order chi connectivity index (χ0) is 14.3. The molecule has 0 aliphatic carbocycles. The van der Waals surface area contributed by atoms with Crippen molar-refractivity contribution >= 4 is 38.7 Å². The van der Waals surface area contributed by atoms with Crippen LogP contribution < -0.4 is 4.90 Å². The zero-order valence-corrected chi connectivity index (χ0v) is 13.2. The van der Waals surface area contributed by atoms with E-state index >= 15 is 0 Å². The molecule has 0 spiro atoms. The second-order valence-electron chi connectivity index (χ2n) is 4.95. The molecule has 3 atom stereocenters. The summed E-state index contributed by atoms with van der Waals surface area (Å²) in [5, 5.41) is 0. The van der Waals surface area contributed by atoms with Crippen LogP contribution in [-0.4, -0.2) is 51.1 Å². The number of nitrogens with zero attached hydrogens (tertiary/aromatic N) is 4. The molecule has 8 heteroatoms. The Morgan fingerprint density at radius 3 is 2.70 bits per heavy atom. The van der Waals surface area contributed by atoms with E-state index in [9.17, 15) is 4.55 Å². The fraction of sp³-hybridized carbons (Fsp3) is 0.583. The number of fused-ring (bicyclic) bond motifs is 1. The van der Waals surface area contributed by atoms with Gasteiger partial charge in [0.25, 0.3) is 0 Å². The first-order chi connectivity index (χ1) is 9.54. The molecule has 0 N–H and O–H groups in total. The molecule has 1 aliphatic heterocycles. The molecule has 0 amide bonds. The molecule has 6 nitrogen and oxygen atoms in total. The first-order valence-corrected chi connectivity index (χ1v) is 8.77. The minimum atomic E-state index is -1.09. The van der Waals surface area contributed by atoms with Crippen LogP contribution in [-0.2, 0) is 15.9 Å². The molecule has 1 saturated heterocycles. The van der Waals surface area contributed by atoms with Gasteiger partial charge in [0.2, 0.25) is 0 Å². The molecule has 1 aliphatic rings. The summed E-state index contributed by atoms with van der Waals surface area (Å²) in [5.41, 5.74) is 0.622. The Balaban J connectivity index is 2.02. The van der Waals surface area contributed by atoms with Crippen LogP contribution in [0.15, 0.2) is 10.7 Å². The topological polar surface area (TPSA) is 74.2 Å². The van der Waals surface area contributed by atoms with Crippen molar-refractivity contribution in [1.29, 1.82) is 0 Å². The Morgan fingerprint density at radius 2 is 2.05 bits per heavy atom. The van der Waals surface area contributed by atoms with E-state index in [2.05, 4.69) is 33.7 Å². The first-order valence-electron chi connectivity index (χ1n) is 6.40. The Hall–Kier alpha value is -0.960. The first kappa shape index (κ1) is 14.0. The molecule has 1 unspecified atom stereocenters. The van der Waals surface area contributed by atoms with Gasteiger partial charge in [0.15, 0.2) is 11.5 Å². The van der Waals surface area contributed by atoms with Crippen LogP contribution in [0, 0.1) is 0 Å². The van der Waals surface area contributed by atoms with Crippen molar-refractivity contribution in [3.05, 3.63) is 6.33 Å². The minimum Gasteiger partial charge on any atom is -0.610 e. The molecule has 3 rings (SSSR count). The summed E-state index contributed by atoms with van der Waals surface area (Å²) in [6.45, 7) is 5.69. The molecule has 3 heterocycles. The van der Waals surface area contributed by atoms with Gasteiger partial charge in [-0.15, -0.1) is 0 Å². The predicted molar refractivity (Wildman–Crippen MR) is 79.8 cm³/mol. The lowest BCUT2D eigenvalue weighted by molar-refractivity contribution is -0.00536. The molecule has 20 heavy (non-hydrogen) atoms. The molecule has 108 valence electrons. The summed E-state index contributed by atoms with van der Waals surface area (Å²) >= 11 is 0.317. The van der Waals surface area contributed by atoms with Gasteiger partial charge < -0.3 is 14.2 Å². The maximum absolute atomic E-state index is 11.6. The summed E-state index contributed by atoms with van der Waals surface area (Å²) in [6.07, 6.45) is 3.47. The lowest BCUT2D eigenvalue weighted by Crippen LogP contribution is -2.45. The van der Waals surface area contributed by atoms with Crippen LogP contribution in [0.3, 0.4) is 0 Å². The van der Waals surface area contributed by atoms with Crippen LogP contribution in [0.5, 0.6) is 0 Å². The van der Waals surface area contributed by atoms with Crippen molar-refractivity contribution in [3.8, 4) is 0 Å². The number of hydrogen-bond donors (Lipinski definition) is 0. The van der Waals surface area contributed by atoms with Gasteiger partial charge in [-0.05, 0) is 13.8 Å². The molecular weight excluding hydrogens is 296 g/mol. The maximum atomic E-state index is 11.6. The number of rotatable bonds is 2. The van der Waals surface area contributed by atoms with E-state index in [1.165, 1.54) is 17.7 Å². The van der Waals surface area contributed by atoms with Gasteiger partial charge in [0, 0.05) is 24.3 Å². The van der Waals surface area contributed by atoms with E-state index < -0.39 is 11.2 Å². The average Bonchev–Trinajstić information content (AvgIpc) is 2.81. The Kier molecular flexibility index (Phi) is 3.80. The number of aromatic nitrogens is 3. The highest BCUT2D eigenvalue weighted by Gasteiger charge is 2.26. The molecule has 1 fully saturated rings. The van der Waals surface area contributed by atoms with Crippen LogP contribution in [0.2, 0.25) is 0 Å². The van der Waals surface area contributed by atoms with Crippen molar-refractivity contribution in [1.82, 2.24) is 15.0 Å². The van der Waals surface area contributed by atoms with Gasteiger partial charge in [-0.2, -0.15) is 4.98 Å². The summed E-state index contributed by atoms with van der Waals surface area (Å²) in [5.74, 6) is 0.867. The third-order valence-corrected chi connectivity index (χ3v) is 5.49. The highest BCUT2D eigenvalue weighted by atomic mass is 32.2. The Morgan fingerprint density at radius 1 is 1.35 bits per heavy atom. The van der Waals surface area contributed by atoms with Crippen molar-refractivity contribution in [2.75, 3.05) is 24.2 Å². The summed E-state index contributed by atoms with van der Waals surface area (Å²) in [7, 11) is 0. The highest BCUT2D eigenvalue weighted by molar-refractivity contribution is 7.92. The number of hydrogen-bond acceptors (Lipinski definition) is 7. The SMILES string of the molecule is C[C@@H]1CN(c2ncnc3nc([S+](C)[O-])sc23)C[C@H](C)O1. The Bertz CT molecular complexity index is 609. The zero-order valence-electron chi connectivity index (χ0n) is 11.6. The highest BCUT2D eigenvalue weighted by Crippen LogP contribution is 2.32. The summed E-state index contributed by atoms with van der Waals surface area (Å²) in [6, 6.07) is 0. The van der Waals surface area contributed by atoms with Gasteiger partial charge in [-0.25, -0.2) is 9.97 Å². The van der Waals surface area contributed by atoms with Crippen LogP contribution in [0.4, 0.5) is 5.82 Å². The number of anilines is 1. The molecule has 0 aromatic carbocycles. The Labute approximate surface area is 124 Å². The summed E-state index contributed by atoms with van der Waals surface area (Å²) < 4.78 is 18.8. The van der Waals surface area contributed by atoms with Gasteiger partial charge in [0.1, 0.15) is 17.3 Å². The van der Waals surface area contributed by atoms with E-state index in [-0.39, 0.29) is 12.2 Å². The molecule has 2 aromatic heterocycles. The number of morpholine rings is 1. The average molecular weight is 312 g/mol. The second kappa shape index (κ2) is 5.44. The third kappa shape index (κ3) is 2.60. The quantitative estimate of drug-likeness (QED) is 0.781. The van der Waals surface area contributed by atoms with E-state index in [1.54, 1.807) is 6.26 Å². The normalized spacial score (nSPS) is 25.1. The third-order valence-electron chi connectivity index (χ3n) is 3.12. The molecular formula is C12H16N4O2S2. The maximum Gasteiger partial charge on any atom is 0.304 e. The van der Waals surface area contributed by atoms with E-state index in [0.717, 1.165) is 23.6 Å². The van der Waals surface area contributed by atoms with Crippen molar-refractivity contribution in [3.63, 3.8) is 0 Å². The smallest absolute Gasteiger partial charge is 0.304 e. The number of ether oxygens (including phenoxy) is 1. The largest absolute Gasteiger partial charge is 0.610 e. The van der Waals surface area contributed by atoms with Gasteiger partial charge in [0.05, 0.1) is 12.2 Å². The number of thiazole rings is 1. The van der Waals surface area contributed by atoms with Crippen LogP contribution in [0.1, 0.15) is 13.8 Å². The molecule has 2 aromatic rings. The summed E-state index contributed by atoms with van der Waals surface area (Å²) in [4.78, 5) is 15.1. The second-order valence-corrected chi connectivity index (χ2v) is 7.50. The molecule has 0 radical (unpaired) electrons. The van der Waals surface area contributed by atoms with E-state index in [4.69, 9.17) is 4.74 Å². The van der Waals surface area contributed by atoms with Crippen molar-refractivity contribution in [2.45, 2.75) is 30.4 Å². The fourth-order valence-corrected chi connectivity index (χ4v) is 4.13. The molecule has 0 saturated carbocycles. The van der Waals surface area contributed by atoms with Crippen molar-refractivity contribution < 1.29 is 9.29 Å². The minimum absolute atomic E-state index is 0.163. The van der Waals surface area contributed by atoms with E-state index in [1.807, 2.05) is 0 Å². The van der Waals surface area contributed by atoms with Crippen LogP contribution >= 0.6 is 11.3 Å². The van der Waals surface area contributed by atoms with Gasteiger partial charge in [-0.1, -0.05) is 11.3 Å². The molecule has 0 bridgehead atoms. The predicted octanol–water partition coefficient (Wildman–Crippen LogP) is 1.44. The standard InChI is InChI=1S/C12H16N4O2S2/c1-7-4-16(5-8(2)18-7)11-9-10(13-6-14-11)15-12(19-9)20(3)17/h6-8H,4-5H2,1-3H3/t7-,8+,20?. The van der Waals surface area contributed by atoms with E-state index in [0.29, 0.717) is 9.99 Å². The fourth-order valence-electron chi connectivity index (χ4n) is 2.42. The lowest BCUT2D eigenvalue weighted by atomic mass is 10.2.